The van der Waals surface area contributed by atoms with E-state index in [9.17, 15) is 8.42 Å². The van der Waals surface area contributed by atoms with Gasteiger partial charge in [-0.3, -0.25) is 0 Å². The SMILES string of the molecule is COCCN(C)C1CCC2(C1)CN(S(=O)(=O)c1ccc(OC)nc1C)C2. The number of methoxy groups -OCH3 is 2. The highest BCUT2D eigenvalue weighted by atomic mass is 32.2. The highest BCUT2D eigenvalue weighted by molar-refractivity contribution is 7.89. The van der Waals surface area contributed by atoms with E-state index in [4.69, 9.17) is 9.47 Å². The van der Waals surface area contributed by atoms with Gasteiger partial charge in [-0.25, -0.2) is 13.4 Å². The van der Waals surface area contributed by atoms with Crippen molar-refractivity contribution in [1.82, 2.24) is 14.2 Å². The second-order valence-electron chi connectivity index (χ2n) is 7.58. The Morgan fingerprint density at radius 1 is 1.35 bits per heavy atom. The number of sulfonamides is 1. The molecule has 1 aromatic rings. The molecule has 0 aromatic carbocycles. The highest BCUT2D eigenvalue weighted by Crippen LogP contribution is 2.48. The predicted molar refractivity (Wildman–Crippen MR) is 98.9 cm³/mol. The minimum Gasteiger partial charge on any atom is -0.481 e. The standard InChI is InChI=1S/C18H29N3O4S/c1-14-16(5-6-17(19-14)25-4)26(22,23)21-12-18(13-21)8-7-15(11-18)20(2)9-10-24-3/h5-6,15H,7-13H2,1-4H3. The van der Waals surface area contributed by atoms with E-state index in [2.05, 4.69) is 16.9 Å². The smallest absolute Gasteiger partial charge is 0.244 e. The molecule has 0 radical (unpaired) electrons. The van der Waals surface area contributed by atoms with Gasteiger partial charge < -0.3 is 14.4 Å². The van der Waals surface area contributed by atoms with E-state index in [0.29, 0.717) is 30.7 Å². The zero-order chi connectivity index (χ0) is 18.9. The van der Waals surface area contributed by atoms with Crippen molar-refractivity contribution in [2.75, 3.05) is 47.5 Å². The lowest BCUT2D eigenvalue weighted by Gasteiger charge is -2.47. The van der Waals surface area contributed by atoms with Crippen LogP contribution in [0, 0.1) is 12.3 Å². The van der Waals surface area contributed by atoms with Crippen molar-refractivity contribution in [3.05, 3.63) is 17.8 Å². The number of aryl methyl sites for hydroxylation is 1. The van der Waals surface area contributed by atoms with Crippen LogP contribution in [0.2, 0.25) is 0 Å². The maximum Gasteiger partial charge on any atom is 0.244 e. The van der Waals surface area contributed by atoms with Crippen molar-refractivity contribution in [1.29, 1.82) is 0 Å². The molecule has 1 aliphatic carbocycles. The number of likely N-dealkylation sites (N-methyl/N-ethyl adjacent to an activating group) is 1. The molecule has 1 unspecified atom stereocenters. The number of pyridine rings is 1. The van der Waals surface area contributed by atoms with Crippen LogP contribution in [0.15, 0.2) is 17.0 Å². The largest absolute Gasteiger partial charge is 0.481 e. The van der Waals surface area contributed by atoms with Crippen LogP contribution in [0.4, 0.5) is 0 Å². The van der Waals surface area contributed by atoms with Crippen LogP contribution in [0.3, 0.4) is 0 Å². The van der Waals surface area contributed by atoms with Crippen molar-refractivity contribution >= 4 is 10.0 Å². The first-order valence-electron chi connectivity index (χ1n) is 9.02. The average molecular weight is 384 g/mol. The quantitative estimate of drug-likeness (QED) is 0.711. The lowest BCUT2D eigenvalue weighted by molar-refractivity contribution is 0.0644. The summed E-state index contributed by atoms with van der Waals surface area (Å²) in [5, 5.41) is 0. The Hall–Kier alpha value is -1.22. The molecule has 0 bridgehead atoms. The summed E-state index contributed by atoms with van der Waals surface area (Å²) in [6.45, 7) is 4.56. The molecule has 2 fully saturated rings. The van der Waals surface area contributed by atoms with Gasteiger partial charge in [-0.1, -0.05) is 0 Å². The number of rotatable bonds is 7. The fraction of sp³-hybridized carbons (Fsp3) is 0.722. The van der Waals surface area contributed by atoms with Gasteiger partial charge >= 0.3 is 0 Å². The minimum atomic E-state index is -3.49. The Kier molecular flexibility index (Phi) is 5.58. The second kappa shape index (κ2) is 7.42. The van der Waals surface area contributed by atoms with Crippen molar-refractivity contribution in [2.45, 2.75) is 37.1 Å². The van der Waals surface area contributed by atoms with Crippen molar-refractivity contribution in [2.24, 2.45) is 5.41 Å². The average Bonchev–Trinajstić information content (AvgIpc) is 3.04. The molecule has 2 aliphatic rings. The Balaban J connectivity index is 1.64. The summed E-state index contributed by atoms with van der Waals surface area (Å²) in [7, 11) is 1.88. The monoisotopic (exact) mass is 383 g/mol. The molecule has 1 spiro atoms. The first-order chi connectivity index (χ1) is 12.3. The number of aromatic nitrogens is 1. The Labute approximate surface area is 156 Å². The van der Waals surface area contributed by atoms with E-state index >= 15 is 0 Å². The van der Waals surface area contributed by atoms with E-state index < -0.39 is 10.0 Å². The molecule has 1 saturated heterocycles. The third-order valence-corrected chi connectivity index (χ3v) is 7.74. The number of hydrogen-bond acceptors (Lipinski definition) is 6. The fourth-order valence-electron chi connectivity index (χ4n) is 4.18. The van der Waals surface area contributed by atoms with E-state index in [1.165, 1.54) is 7.11 Å². The first-order valence-corrected chi connectivity index (χ1v) is 10.5. The number of nitrogens with zero attached hydrogens (tertiary/aromatic N) is 3. The maximum atomic E-state index is 12.9. The van der Waals surface area contributed by atoms with Crippen LogP contribution < -0.4 is 4.74 Å². The van der Waals surface area contributed by atoms with Crippen LogP contribution in [-0.2, 0) is 14.8 Å². The van der Waals surface area contributed by atoms with Crippen LogP contribution in [0.1, 0.15) is 25.0 Å². The molecule has 146 valence electrons. The topological polar surface area (TPSA) is 72.0 Å². The van der Waals surface area contributed by atoms with Crippen LogP contribution in [0.5, 0.6) is 5.88 Å². The summed E-state index contributed by atoms with van der Waals surface area (Å²) >= 11 is 0. The molecule has 8 heteroatoms. The molecule has 0 N–H and O–H groups in total. The molecule has 1 aliphatic heterocycles. The molecule has 7 nitrogen and oxygen atoms in total. The molecular formula is C18H29N3O4S. The molecule has 2 heterocycles. The van der Waals surface area contributed by atoms with E-state index in [1.807, 2.05) is 0 Å². The van der Waals surface area contributed by atoms with Crippen molar-refractivity contribution < 1.29 is 17.9 Å². The van der Waals surface area contributed by atoms with Crippen LogP contribution in [-0.4, -0.2) is 76.2 Å². The lowest BCUT2D eigenvalue weighted by atomic mass is 9.80. The normalized spacial score (nSPS) is 22.7. The van der Waals surface area contributed by atoms with E-state index in [-0.39, 0.29) is 10.3 Å². The summed E-state index contributed by atoms with van der Waals surface area (Å²) in [6.07, 6.45) is 3.26. The first kappa shape index (κ1) is 19.5. The zero-order valence-corrected chi connectivity index (χ0v) is 16.9. The molecule has 3 rings (SSSR count). The molecule has 1 aromatic heterocycles. The Bertz CT molecular complexity index is 747. The van der Waals surface area contributed by atoms with Gasteiger partial charge in [0.05, 0.1) is 19.4 Å². The fourth-order valence-corrected chi connectivity index (χ4v) is 6.01. The maximum absolute atomic E-state index is 12.9. The van der Waals surface area contributed by atoms with Crippen LogP contribution in [0.25, 0.3) is 0 Å². The Morgan fingerprint density at radius 3 is 2.69 bits per heavy atom. The van der Waals surface area contributed by atoms with Crippen LogP contribution >= 0.6 is 0 Å². The zero-order valence-electron chi connectivity index (χ0n) is 16.1. The minimum absolute atomic E-state index is 0.132. The number of ether oxygens (including phenoxy) is 2. The van der Waals surface area contributed by atoms with Gasteiger partial charge in [0.15, 0.2) is 0 Å². The molecule has 1 atom stereocenters. The van der Waals surface area contributed by atoms with Gasteiger partial charge in [-0.05, 0) is 44.7 Å². The number of hydrogen-bond donors (Lipinski definition) is 0. The molecule has 26 heavy (non-hydrogen) atoms. The van der Waals surface area contributed by atoms with Gasteiger partial charge in [0, 0.05) is 38.9 Å². The molecule has 0 amide bonds. The summed E-state index contributed by atoms with van der Waals surface area (Å²) in [6, 6.07) is 3.71. The lowest BCUT2D eigenvalue weighted by Crippen LogP contribution is -2.57. The van der Waals surface area contributed by atoms with Gasteiger partial charge in [0.1, 0.15) is 4.90 Å². The van der Waals surface area contributed by atoms with Crippen molar-refractivity contribution in [3.63, 3.8) is 0 Å². The summed E-state index contributed by atoms with van der Waals surface area (Å²) in [4.78, 5) is 6.82. The van der Waals surface area contributed by atoms with E-state index in [1.54, 1.807) is 30.5 Å². The molecular weight excluding hydrogens is 354 g/mol. The van der Waals surface area contributed by atoms with Gasteiger partial charge in [-0.15, -0.1) is 0 Å². The van der Waals surface area contributed by atoms with Gasteiger partial charge in [0.25, 0.3) is 0 Å². The third kappa shape index (κ3) is 3.60. The summed E-state index contributed by atoms with van der Waals surface area (Å²) in [5.41, 5.74) is 0.612. The molecule has 1 saturated carbocycles. The summed E-state index contributed by atoms with van der Waals surface area (Å²) < 4.78 is 37.7. The van der Waals surface area contributed by atoms with Gasteiger partial charge in [0.2, 0.25) is 15.9 Å². The van der Waals surface area contributed by atoms with Gasteiger partial charge in [-0.2, -0.15) is 4.31 Å². The third-order valence-electron chi connectivity index (χ3n) is 5.81. The second-order valence-corrected chi connectivity index (χ2v) is 9.49. The Morgan fingerprint density at radius 2 is 2.08 bits per heavy atom. The predicted octanol–water partition coefficient (Wildman–Crippen LogP) is 1.52. The highest BCUT2D eigenvalue weighted by Gasteiger charge is 2.52. The van der Waals surface area contributed by atoms with E-state index in [0.717, 1.165) is 32.4 Å². The van der Waals surface area contributed by atoms with Crippen molar-refractivity contribution in [3.8, 4) is 5.88 Å². The summed E-state index contributed by atoms with van der Waals surface area (Å²) in [5.74, 6) is 0.430.